The van der Waals surface area contributed by atoms with Crippen LogP contribution in [0, 0.1) is 6.92 Å². The minimum atomic E-state index is -4.15. The number of nitrogens with one attached hydrogen (secondary N) is 2. The van der Waals surface area contributed by atoms with E-state index < -0.39 is 28.5 Å². The topological polar surface area (TPSA) is 118 Å². The van der Waals surface area contributed by atoms with Gasteiger partial charge in [0.2, 0.25) is 10.0 Å². The summed E-state index contributed by atoms with van der Waals surface area (Å²) in [6.07, 6.45) is 1.30. The van der Waals surface area contributed by atoms with E-state index in [1.54, 1.807) is 48.7 Å². The van der Waals surface area contributed by atoms with Gasteiger partial charge in [0.25, 0.3) is 0 Å². The van der Waals surface area contributed by atoms with E-state index in [0.717, 1.165) is 22.6 Å². The number of pyridine rings is 1. The number of hydrogen-bond acceptors (Lipinski definition) is 6. The monoisotopic (exact) mass is 517 g/mol. The standard InChI is InChI=1S/C28H27N3O5S/c1-19-8-7-15-29-28(19)30-23-12-6-11-21(16-23)22-13-14-25(36-2)26(17-22)37(34,35)31-24(18-27(32)33)20-9-4-3-5-10-20/h3-17,24,31H,18H2,1-2H3,(H,29,30)(H,32,33). The molecule has 1 heterocycles. The van der Waals surface area contributed by atoms with Crippen LogP contribution in [0.15, 0.2) is 96.0 Å². The molecule has 37 heavy (non-hydrogen) atoms. The van der Waals surface area contributed by atoms with Gasteiger partial charge in [-0.15, -0.1) is 0 Å². The number of aromatic nitrogens is 1. The molecule has 0 amide bonds. The van der Waals surface area contributed by atoms with E-state index in [2.05, 4.69) is 15.0 Å². The number of carbonyl (C=O) groups is 1. The summed E-state index contributed by atoms with van der Waals surface area (Å²) in [5, 5.41) is 12.7. The highest BCUT2D eigenvalue weighted by atomic mass is 32.2. The van der Waals surface area contributed by atoms with Crippen molar-refractivity contribution in [1.82, 2.24) is 9.71 Å². The summed E-state index contributed by atoms with van der Waals surface area (Å²) in [4.78, 5) is 15.8. The van der Waals surface area contributed by atoms with Crippen LogP contribution in [-0.2, 0) is 14.8 Å². The fourth-order valence-corrected chi connectivity index (χ4v) is 5.35. The molecule has 0 saturated heterocycles. The van der Waals surface area contributed by atoms with Crippen molar-refractivity contribution in [3.8, 4) is 16.9 Å². The number of aliphatic carboxylic acids is 1. The van der Waals surface area contributed by atoms with E-state index in [1.165, 1.54) is 13.2 Å². The minimum absolute atomic E-state index is 0.0854. The minimum Gasteiger partial charge on any atom is -0.495 e. The highest BCUT2D eigenvalue weighted by Crippen LogP contribution is 2.33. The second-order valence-electron chi connectivity index (χ2n) is 8.42. The third-order valence-corrected chi connectivity index (χ3v) is 7.29. The third kappa shape index (κ3) is 6.32. The number of carboxylic acid groups (broad SMARTS) is 1. The summed E-state index contributed by atoms with van der Waals surface area (Å²) in [6, 6.07) is 23.9. The molecule has 1 aromatic heterocycles. The van der Waals surface area contributed by atoms with E-state index in [4.69, 9.17) is 4.74 Å². The highest BCUT2D eigenvalue weighted by Gasteiger charge is 2.26. The van der Waals surface area contributed by atoms with Gasteiger partial charge in [-0.05, 0) is 59.5 Å². The number of aryl methyl sites for hydroxylation is 1. The highest BCUT2D eigenvalue weighted by molar-refractivity contribution is 7.89. The lowest BCUT2D eigenvalue weighted by molar-refractivity contribution is -0.137. The SMILES string of the molecule is COc1ccc(-c2cccc(Nc3ncccc3C)c2)cc1S(=O)(=O)NC(CC(=O)O)c1ccccc1. The van der Waals surface area contributed by atoms with Gasteiger partial charge in [-0.2, -0.15) is 0 Å². The Hall–Kier alpha value is -4.21. The fourth-order valence-electron chi connectivity index (χ4n) is 3.93. The zero-order valence-electron chi connectivity index (χ0n) is 20.4. The predicted octanol–water partition coefficient (Wildman–Crippen LogP) is 5.30. The molecular formula is C28H27N3O5S. The fraction of sp³-hybridized carbons (Fsp3) is 0.143. The van der Waals surface area contributed by atoms with Crippen molar-refractivity contribution in [2.24, 2.45) is 0 Å². The molecule has 3 N–H and O–H groups in total. The van der Waals surface area contributed by atoms with Crippen LogP contribution in [0.5, 0.6) is 5.75 Å². The Kier molecular flexibility index (Phi) is 7.86. The lowest BCUT2D eigenvalue weighted by Crippen LogP contribution is -2.30. The maximum atomic E-state index is 13.5. The molecule has 0 aliphatic rings. The quantitative estimate of drug-likeness (QED) is 0.261. The summed E-state index contributed by atoms with van der Waals surface area (Å²) in [7, 11) is -2.77. The summed E-state index contributed by atoms with van der Waals surface area (Å²) in [6.45, 7) is 1.96. The first-order valence-corrected chi connectivity index (χ1v) is 13.0. The van der Waals surface area contributed by atoms with Gasteiger partial charge in [0.1, 0.15) is 16.5 Å². The summed E-state index contributed by atoms with van der Waals surface area (Å²) in [5.74, 6) is -0.242. The van der Waals surface area contributed by atoms with Crippen LogP contribution in [0.2, 0.25) is 0 Å². The Bertz CT molecular complexity index is 1510. The van der Waals surface area contributed by atoms with Crippen molar-refractivity contribution < 1.29 is 23.1 Å². The number of rotatable bonds is 10. The predicted molar refractivity (Wildman–Crippen MR) is 142 cm³/mol. The van der Waals surface area contributed by atoms with E-state index in [0.29, 0.717) is 11.1 Å². The molecular weight excluding hydrogens is 490 g/mol. The number of ether oxygens (including phenoxy) is 1. The molecule has 3 aromatic carbocycles. The molecule has 4 rings (SSSR count). The average molecular weight is 518 g/mol. The second-order valence-corrected chi connectivity index (χ2v) is 10.1. The Labute approximate surface area is 216 Å². The van der Waals surface area contributed by atoms with Gasteiger partial charge >= 0.3 is 5.97 Å². The molecule has 0 aliphatic heterocycles. The number of sulfonamides is 1. The van der Waals surface area contributed by atoms with Crippen molar-refractivity contribution in [1.29, 1.82) is 0 Å². The van der Waals surface area contributed by atoms with E-state index in [-0.39, 0.29) is 10.6 Å². The molecule has 0 fully saturated rings. The molecule has 190 valence electrons. The number of hydrogen-bond donors (Lipinski definition) is 3. The normalized spacial score (nSPS) is 12.1. The van der Waals surface area contributed by atoms with Crippen LogP contribution in [-0.4, -0.2) is 31.6 Å². The Balaban J connectivity index is 1.68. The number of nitrogens with zero attached hydrogens (tertiary/aromatic N) is 1. The van der Waals surface area contributed by atoms with Gasteiger partial charge in [-0.1, -0.05) is 54.6 Å². The molecule has 0 bridgehead atoms. The largest absolute Gasteiger partial charge is 0.495 e. The number of carboxylic acids is 1. The summed E-state index contributed by atoms with van der Waals surface area (Å²) >= 11 is 0. The van der Waals surface area contributed by atoms with Crippen LogP contribution < -0.4 is 14.8 Å². The molecule has 0 aliphatic carbocycles. The van der Waals surface area contributed by atoms with E-state index in [1.807, 2.05) is 43.3 Å². The lowest BCUT2D eigenvalue weighted by atomic mass is 10.0. The smallest absolute Gasteiger partial charge is 0.305 e. The molecule has 4 aromatic rings. The van der Waals surface area contributed by atoms with Gasteiger partial charge in [-0.25, -0.2) is 18.1 Å². The first-order chi connectivity index (χ1) is 17.8. The van der Waals surface area contributed by atoms with Crippen LogP contribution in [0.25, 0.3) is 11.1 Å². The third-order valence-electron chi connectivity index (χ3n) is 5.80. The maximum Gasteiger partial charge on any atom is 0.305 e. The van der Waals surface area contributed by atoms with Crippen molar-refractivity contribution in [2.75, 3.05) is 12.4 Å². The molecule has 0 saturated carbocycles. The number of benzene rings is 3. The number of methoxy groups -OCH3 is 1. The summed E-state index contributed by atoms with van der Waals surface area (Å²) in [5.41, 5.74) is 3.77. The van der Waals surface area contributed by atoms with Gasteiger partial charge in [0.05, 0.1) is 19.6 Å². The molecule has 9 heteroatoms. The molecule has 1 unspecified atom stereocenters. The van der Waals surface area contributed by atoms with Crippen LogP contribution >= 0.6 is 0 Å². The molecule has 8 nitrogen and oxygen atoms in total. The lowest BCUT2D eigenvalue weighted by Gasteiger charge is -2.19. The van der Waals surface area contributed by atoms with Crippen LogP contribution in [0.1, 0.15) is 23.6 Å². The van der Waals surface area contributed by atoms with Gasteiger partial charge in [0.15, 0.2) is 0 Å². The van der Waals surface area contributed by atoms with Crippen molar-refractivity contribution in [3.63, 3.8) is 0 Å². The van der Waals surface area contributed by atoms with E-state index >= 15 is 0 Å². The first-order valence-electron chi connectivity index (χ1n) is 11.5. The second kappa shape index (κ2) is 11.2. The van der Waals surface area contributed by atoms with Gasteiger partial charge in [-0.3, -0.25) is 4.79 Å². The zero-order valence-corrected chi connectivity index (χ0v) is 21.2. The maximum absolute atomic E-state index is 13.5. The van der Waals surface area contributed by atoms with Gasteiger partial charge < -0.3 is 15.2 Å². The molecule has 0 spiro atoms. The van der Waals surface area contributed by atoms with E-state index in [9.17, 15) is 18.3 Å². The van der Waals surface area contributed by atoms with Crippen molar-refractivity contribution >= 4 is 27.5 Å². The Morgan fingerprint density at radius 1 is 0.973 bits per heavy atom. The average Bonchev–Trinajstić information content (AvgIpc) is 2.89. The molecule has 1 atom stereocenters. The van der Waals surface area contributed by atoms with Crippen LogP contribution in [0.4, 0.5) is 11.5 Å². The van der Waals surface area contributed by atoms with Gasteiger partial charge in [0, 0.05) is 11.9 Å². The first kappa shape index (κ1) is 25.9. The number of anilines is 2. The Morgan fingerprint density at radius 3 is 2.43 bits per heavy atom. The summed E-state index contributed by atoms with van der Waals surface area (Å²) < 4.78 is 34.9. The van der Waals surface area contributed by atoms with Crippen LogP contribution in [0.3, 0.4) is 0 Å². The zero-order chi connectivity index (χ0) is 26.4. The van der Waals surface area contributed by atoms with Crippen molar-refractivity contribution in [2.45, 2.75) is 24.3 Å². The van der Waals surface area contributed by atoms with Crippen molar-refractivity contribution in [3.05, 3.63) is 102 Å². The Morgan fingerprint density at radius 2 is 1.73 bits per heavy atom. The molecule has 0 radical (unpaired) electrons.